The van der Waals surface area contributed by atoms with E-state index in [-0.39, 0.29) is 11.0 Å². The van der Waals surface area contributed by atoms with Crippen LogP contribution in [0.3, 0.4) is 0 Å². The zero-order chi connectivity index (χ0) is 16.3. The van der Waals surface area contributed by atoms with Crippen LogP contribution in [0.4, 0.5) is 0 Å². The Morgan fingerprint density at radius 3 is 2.82 bits per heavy atom. The van der Waals surface area contributed by atoms with Crippen LogP contribution >= 0.6 is 0 Å². The number of morpholine rings is 1. The molecule has 0 aromatic heterocycles. The van der Waals surface area contributed by atoms with Crippen LogP contribution < -0.4 is 10.9 Å². The zero-order valence-electron chi connectivity index (χ0n) is 12.8. The molecule has 4 N–H and O–H groups in total. The molecule has 8 heteroatoms. The van der Waals surface area contributed by atoms with Gasteiger partial charge >= 0.3 is 0 Å². The number of primary sulfonamides is 1. The molecule has 1 aliphatic heterocycles. The normalized spacial score (nSPS) is 20.2. The van der Waals surface area contributed by atoms with Crippen molar-refractivity contribution in [2.24, 2.45) is 15.9 Å². The van der Waals surface area contributed by atoms with Crippen molar-refractivity contribution in [1.29, 1.82) is 0 Å². The molecule has 0 saturated carbocycles. The summed E-state index contributed by atoms with van der Waals surface area (Å²) in [6, 6.07) is 4.75. The van der Waals surface area contributed by atoms with Crippen LogP contribution in [-0.2, 0) is 21.3 Å². The smallest absolute Gasteiger partial charge is 0.238 e. The fourth-order valence-corrected chi connectivity index (χ4v) is 2.91. The van der Waals surface area contributed by atoms with Crippen LogP contribution in [0.15, 0.2) is 28.1 Å². The van der Waals surface area contributed by atoms with Gasteiger partial charge < -0.3 is 15.4 Å². The molecule has 0 radical (unpaired) electrons. The van der Waals surface area contributed by atoms with E-state index >= 15 is 0 Å². The largest absolute Gasteiger partial charge is 0.375 e. The van der Waals surface area contributed by atoms with Crippen molar-refractivity contribution in [3.63, 3.8) is 0 Å². The van der Waals surface area contributed by atoms with Crippen molar-refractivity contribution in [3.8, 4) is 0 Å². The number of sulfonamides is 1. The molecule has 22 heavy (non-hydrogen) atoms. The summed E-state index contributed by atoms with van der Waals surface area (Å²) < 4.78 is 28.1. The second-order valence-corrected chi connectivity index (χ2v) is 7.00. The summed E-state index contributed by atoms with van der Waals surface area (Å²) in [6.45, 7) is 6.30. The number of ether oxygens (including phenoxy) is 1. The third kappa shape index (κ3) is 4.19. The van der Waals surface area contributed by atoms with Crippen LogP contribution in [0.5, 0.6) is 0 Å². The first-order valence-corrected chi connectivity index (χ1v) is 8.61. The van der Waals surface area contributed by atoms with Crippen molar-refractivity contribution < 1.29 is 13.2 Å². The van der Waals surface area contributed by atoms with Gasteiger partial charge in [-0.25, -0.2) is 18.5 Å². The molecule has 0 amide bonds. The zero-order valence-corrected chi connectivity index (χ0v) is 13.6. The van der Waals surface area contributed by atoms with Crippen molar-refractivity contribution in [3.05, 3.63) is 29.3 Å². The Hall–Kier alpha value is -1.64. The standard InChI is InChI=1S/C14H22N4O3S/c1-10-7-13(22(16,19)20)4-3-12(10)8-17-14(15)18-5-6-21-11(2)9-18/h3-4,7,11H,5-6,8-9H2,1-2H3,(H2,15,17)(H2,16,19,20). The highest BCUT2D eigenvalue weighted by atomic mass is 32.2. The van der Waals surface area contributed by atoms with E-state index in [1.165, 1.54) is 6.07 Å². The molecule has 1 atom stereocenters. The van der Waals surface area contributed by atoms with Crippen LogP contribution in [0.25, 0.3) is 0 Å². The lowest BCUT2D eigenvalue weighted by molar-refractivity contribution is 0.00528. The molecule has 1 fully saturated rings. The van der Waals surface area contributed by atoms with E-state index in [1.807, 2.05) is 18.7 Å². The molecule has 1 aliphatic rings. The lowest BCUT2D eigenvalue weighted by Gasteiger charge is -2.31. The predicted octanol–water partition coefficient (Wildman–Crippen LogP) is 0.178. The van der Waals surface area contributed by atoms with Crippen molar-refractivity contribution in [1.82, 2.24) is 4.90 Å². The van der Waals surface area contributed by atoms with E-state index in [4.69, 9.17) is 15.6 Å². The molecule has 0 aliphatic carbocycles. The third-order valence-electron chi connectivity index (χ3n) is 3.62. The lowest BCUT2D eigenvalue weighted by Crippen LogP contribution is -2.47. The van der Waals surface area contributed by atoms with Gasteiger partial charge in [-0.2, -0.15) is 0 Å². The van der Waals surface area contributed by atoms with Gasteiger partial charge in [-0.15, -0.1) is 0 Å². The summed E-state index contributed by atoms with van der Waals surface area (Å²) >= 11 is 0. The van der Waals surface area contributed by atoms with Gasteiger partial charge in [-0.3, -0.25) is 0 Å². The summed E-state index contributed by atoms with van der Waals surface area (Å²) in [6.07, 6.45) is 0.137. The van der Waals surface area contributed by atoms with Crippen LogP contribution in [-0.4, -0.2) is 45.1 Å². The molecule has 0 bridgehead atoms. The number of hydrogen-bond donors (Lipinski definition) is 2. The van der Waals surface area contributed by atoms with Crippen molar-refractivity contribution in [2.75, 3.05) is 19.7 Å². The average Bonchev–Trinajstić information content (AvgIpc) is 2.44. The van der Waals surface area contributed by atoms with Gasteiger partial charge in [0.15, 0.2) is 5.96 Å². The molecule has 122 valence electrons. The molecule has 1 heterocycles. The maximum absolute atomic E-state index is 11.3. The van der Waals surface area contributed by atoms with Gasteiger partial charge in [0.25, 0.3) is 0 Å². The number of nitrogens with zero attached hydrogens (tertiary/aromatic N) is 2. The summed E-state index contributed by atoms with van der Waals surface area (Å²) in [4.78, 5) is 6.48. The van der Waals surface area contributed by atoms with Gasteiger partial charge in [0.1, 0.15) is 0 Å². The second-order valence-electron chi connectivity index (χ2n) is 5.44. The highest BCUT2D eigenvalue weighted by molar-refractivity contribution is 7.89. The average molecular weight is 326 g/mol. The lowest BCUT2D eigenvalue weighted by atomic mass is 10.1. The Kier molecular flexibility index (Phi) is 5.05. The Morgan fingerprint density at radius 1 is 1.50 bits per heavy atom. The minimum absolute atomic E-state index is 0.104. The number of aryl methyl sites for hydroxylation is 1. The monoisotopic (exact) mass is 326 g/mol. The maximum Gasteiger partial charge on any atom is 0.238 e. The number of rotatable bonds is 3. The maximum atomic E-state index is 11.3. The minimum Gasteiger partial charge on any atom is -0.375 e. The quantitative estimate of drug-likeness (QED) is 0.608. The topological polar surface area (TPSA) is 111 Å². The Labute approximate surface area is 131 Å². The number of hydrogen-bond acceptors (Lipinski definition) is 4. The first-order valence-electron chi connectivity index (χ1n) is 7.06. The highest BCUT2D eigenvalue weighted by Gasteiger charge is 2.18. The number of aliphatic imine (C=N–C) groups is 1. The number of nitrogens with two attached hydrogens (primary N) is 2. The van der Waals surface area contributed by atoms with E-state index in [0.29, 0.717) is 19.1 Å². The van der Waals surface area contributed by atoms with Crippen LogP contribution in [0, 0.1) is 6.92 Å². The molecule has 1 saturated heterocycles. The van der Waals surface area contributed by atoms with Gasteiger partial charge in [0, 0.05) is 13.1 Å². The first-order chi connectivity index (χ1) is 10.3. The Balaban J connectivity index is 2.09. The van der Waals surface area contributed by atoms with E-state index < -0.39 is 10.0 Å². The summed E-state index contributed by atoms with van der Waals surface area (Å²) in [7, 11) is -3.68. The molecule has 1 aromatic rings. The Bertz CT molecular complexity index is 673. The van der Waals surface area contributed by atoms with E-state index in [1.54, 1.807) is 12.1 Å². The van der Waals surface area contributed by atoms with Crippen molar-refractivity contribution >= 4 is 16.0 Å². The minimum atomic E-state index is -3.68. The van der Waals surface area contributed by atoms with E-state index in [2.05, 4.69) is 4.99 Å². The number of benzene rings is 1. The van der Waals surface area contributed by atoms with Gasteiger partial charge in [-0.05, 0) is 37.1 Å². The second kappa shape index (κ2) is 6.64. The summed E-state index contributed by atoms with van der Waals surface area (Å²) in [5, 5.41) is 5.11. The predicted molar refractivity (Wildman–Crippen MR) is 84.9 cm³/mol. The molecular formula is C14H22N4O3S. The van der Waals surface area contributed by atoms with Gasteiger partial charge in [-0.1, -0.05) is 6.07 Å². The van der Waals surface area contributed by atoms with Crippen molar-refractivity contribution in [2.45, 2.75) is 31.4 Å². The molecule has 0 spiro atoms. The number of guanidine groups is 1. The summed E-state index contributed by atoms with van der Waals surface area (Å²) in [5.41, 5.74) is 7.74. The summed E-state index contributed by atoms with van der Waals surface area (Å²) in [5.74, 6) is 0.477. The van der Waals surface area contributed by atoms with E-state index in [0.717, 1.165) is 24.2 Å². The van der Waals surface area contributed by atoms with E-state index in [9.17, 15) is 8.42 Å². The van der Waals surface area contributed by atoms with Crippen LogP contribution in [0.2, 0.25) is 0 Å². The SMILES string of the molecule is Cc1cc(S(N)(=O)=O)ccc1CN=C(N)N1CCOC(C)C1. The molecule has 2 rings (SSSR count). The van der Waals surface area contributed by atoms with Gasteiger partial charge in [0.2, 0.25) is 10.0 Å². The molecule has 1 aromatic carbocycles. The first kappa shape index (κ1) is 16.7. The highest BCUT2D eigenvalue weighted by Crippen LogP contribution is 2.15. The van der Waals surface area contributed by atoms with Gasteiger partial charge in [0.05, 0.1) is 24.2 Å². The molecule has 7 nitrogen and oxygen atoms in total. The van der Waals surface area contributed by atoms with Crippen LogP contribution in [0.1, 0.15) is 18.1 Å². The fourth-order valence-electron chi connectivity index (χ4n) is 2.32. The fraction of sp³-hybridized carbons (Fsp3) is 0.500. The Morgan fingerprint density at radius 2 is 2.23 bits per heavy atom. The molecule has 1 unspecified atom stereocenters. The third-order valence-corrected chi connectivity index (χ3v) is 4.53. The molecular weight excluding hydrogens is 304 g/mol.